The number of rotatable bonds is 8. The maximum absolute atomic E-state index is 13.0. The maximum Gasteiger partial charge on any atom is 0.416 e. The number of piperidine rings is 1. The van der Waals surface area contributed by atoms with Crippen LogP contribution in [0.25, 0.3) is 0 Å². The van der Waals surface area contributed by atoms with Gasteiger partial charge in [0.15, 0.2) is 0 Å². The third-order valence-corrected chi connectivity index (χ3v) is 6.78. The summed E-state index contributed by atoms with van der Waals surface area (Å²) < 4.78 is 83.2. The largest absolute Gasteiger partial charge is 0.416 e. The zero-order valence-corrected chi connectivity index (χ0v) is 24.8. The second-order valence-electron chi connectivity index (χ2n) is 10.0. The van der Waals surface area contributed by atoms with Gasteiger partial charge < -0.3 is 19.3 Å². The number of alkyl halides is 6. The van der Waals surface area contributed by atoms with Gasteiger partial charge in [0.2, 0.25) is 11.8 Å². The molecule has 0 spiro atoms. The molecule has 2 aromatic rings. The second-order valence-corrected chi connectivity index (χ2v) is 10.0. The number of methoxy groups -OCH3 is 1. The van der Waals surface area contributed by atoms with Gasteiger partial charge in [-0.05, 0) is 49.9 Å². The number of carbonyl (C=O) groups is 3. The number of aryl methyl sites for hydroxylation is 1. The normalized spacial score (nSPS) is 14.1. The molecule has 240 valence electrons. The highest BCUT2D eigenvalue weighted by molar-refractivity contribution is 5.78. The van der Waals surface area contributed by atoms with E-state index in [0.29, 0.717) is 38.1 Å². The molecule has 0 aromatic heterocycles. The molecule has 7 nitrogen and oxygen atoms in total. The molecular weight excluding hydrogens is 580 g/mol. The lowest BCUT2D eigenvalue weighted by Gasteiger charge is -2.37. The summed E-state index contributed by atoms with van der Waals surface area (Å²) >= 11 is 0. The van der Waals surface area contributed by atoms with Crippen LogP contribution < -0.4 is 0 Å². The van der Waals surface area contributed by atoms with E-state index in [2.05, 4.69) is 19.1 Å². The molecule has 43 heavy (non-hydrogen) atoms. The molecule has 2 aromatic carbocycles. The molecule has 1 fully saturated rings. The lowest BCUT2D eigenvalue weighted by Crippen LogP contribution is -2.49. The van der Waals surface area contributed by atoms with E-state index in [-0.39, 0.29) is 55.7 Å². The summed E-state index contributed by atoms with van der Waals surface area (Å²) in [6, 6.07) is 11.7. The highest BCUT2D eigenvalue weighted by Crippen LogP contribution is 2.36. The van der Waals surface area contributed by atoms with Gasteiger partial charge in [0.1, 0.15) is 13.5 Å². The molecule has 0 atom stereocenters. The smallest absolute Gasteiger partial charge is 0.364 e. The Bertz CT molecular complexity index is 1100. The van der Waals surface area contributed by atoms with Gasteiger partial charge in [-0.1, -0.05) is 35.9 Å². The topological polar surface area (TPSA) is 70.2 Å². The number of amides is 2. The number of hydrogen-bond donors (Lipinski definition) is 0. The number of likely N-dealkylation sites (tertiary alicyclic amines) is 1. The zero-order chi connectivity index (χ0) is 32.8. The Morgan fingerprint density at radius 2 is 1.47 bits per heavy atom. The number of nitrogens with zero attached hydrogens (tertiary/aromatic N) is 3. The van der Waals surface area contributed by atoms with Crippen LogP contribution in [0.1, 0.15) is 42.0 Å². The Morgan fingerprint density at radius 1 is 0.953 bits per heavy atom. The summed E-state index contributed by atoms with van der Waals surface area (Å²) in [4.78, 5) is 37.2. The minimum Gasteiger partial charge on any atom is -0.364 e. The lowest BCUT2D eigenvalue weighted by molar-refractivity contribution is -0.143. The van der Waals surface area contributed by atoms with Crippen molar-refractivity contribution in [3.05, 3.63) is 70.8 Å². The molecule has 0 bridgehead atoms. The summed E-state index contributed by atoms with van der Waals surface area (Å²) in [5.74, 6) is -0.388. The number of ether oxygens (including phenoxy) is 1. The summed E-state index contributed by atoms with van der Waals surface area (Å²) in [5, 5.41) is 0. The van der Waals surface area contributed by atoms with Crippen LogP contribution in [0.15, 0.2) is 48.5 Å². The molecule has 1 saturated heterocycles. The average molecular weight is 620 g/mol. The fraction of sp³-hybridized carbons (Fsp3) is 0.500. The molecule has 0 radical (unpaired) electrons. The van der Waals surface area contributed by atoms with Gasteiger partial charge in [0.05, 0.1) is 17.7 Å². The predicted molar refractivity (Wildman–Crippen MR) is 150 cm³/mol. The Kier molecular flexibility index (Phi) is 15.4. The van der Waals surface area contributed by atoms with Gasteiger partial charge in [-0.2, -0.15) is 26.3 Å². The highest BCUT2D eigenvalue weighted by atomic mass is 19.4. The highest BCUT2D eigenvalue weighted by Gasteiger charge is 2.37. The van der Waals surface area contributed by atoms with E-state index < -0.39 is 23.5 Å². The molecule has 3 rings (SSSR count). The molecule has 1 heterocycles. The fourth-order valence-corrected chi connectivity index (χ4v) is 4.41. The van der Waals surface area contributed by atoms with Crippen molar-refractivity contribution < 1.29 is 45.5 Å². The van der Waals surface area contributed by atoms with Crippen molar-refractivity contribution in [1.82, 2.24) is 14.7 Å². The predicted octanol–water partition coefficient (Wildman–Crippen LogP) is 5.45. The molecule has 13 heteroatoms. The van der Waals surface area contributed by atoms with Crippen molar-refractivity contribution in [1.29, 1.82) is 0 Å². The van der Waals surface area contributed by atoms with Crippen LogP contribution in [-0.2, 0) is 37.9 Å². The van der Waals surface area contributed by atoms with Gasteiger partial charge in [-0.15, -0.1) is 0 Å². The van der Waals surface area contributed by atoms with Gasteiger partial charge >= 0.3 is 12.4 Å². The van der Waals surface area contributed by atoms with E-state index in [4.69, 9.17) is 9.53 Å². The van der Waals surface area contributed by atoms with Crippen LogP contribution in [0.2, 0.25) is 0 Å². The quantitative estimate of drug-likeness (QED) is 0.290. The number of carbonyl (C=O) groups excluding carboxylic acids is 3. The van der Waals surface area contributed by atoms with Crippen LogP contribution in [-0.4, -0.2) is 86.4 Å². The molecule has 1 aliphatic heterocycles. The molecule has 0 unspecified atom stereocenters. The minimum absolute atomic E-state index is 0.00488. The third-order valence-electron chi connectivity index (χ3n) is 6.78. The molecule has 0 saturated carbocycles. The van der Waals surface area contributed by atoms with Crippen molar-refractivity contribution in [3.8, 4) is 0 Å². The van der Waals surface area contributed by atoms with Crippen molar-refractivity contribution >= 4 is 18.6 Å². The molecule has 0 N–H and O–H groups in total. The second kappa shape index (κ2) is 17.6. The van der Waals surface area contributed by atoms with Crippen molar-refractivity contribution in [2.24, 2.45) is 0 Å². The first-order valence-corrected chi connectivity index (χ1v) is 13.4. The number of hydrogen-bond acceptors (Lipinski definition) is 5. The Morgan fingerprint density at radius 3 is 1.86 bits per heavy atom. The van der Waals surface area contributed by atoms with E-state index >= 15 is 0 Å². The van der Waals surface area contributed by atoms with Crippen molar-refractivity contribution in [2.75, 3.05) is 47.1 Å². The first kappa shape index (κ1) is 37.6. The van der Waals surface area contributed by atoms with E-state index in [9.17, 15) is 35.9 Å². The fourth-order valence-electron chi connectivity index (χ4n) is 4.41. The first-order valence-electron chi connectivity index (χ1n) is 13.4. The van der Waals surface area contributed by atoms with Crippen LogP contribution in [0.5, 0.6) is 0 Å². The van der Waals surface area contributed by atoms with Crippen molar-refractivity contribution in [2.45, 2.75) is 51.5 Å². The van der Waals surface area contributed by atoms with E-state index in [1.807, 2.05) is 29.9 Å². The number of benzene rings is 2. The van der Waals surface area contributed by atoms with Crippen LogP contribution in [0.3, 0.4) is 0 Å². The van der Waals surface area contributed by atoms with E-state index in [1.54, 1.807) is 4.90 Å². The van der Waals surface area contributed by atoms with Gasteiger partial charge in [-0.25, -0.2) is 0 Å². The van der Waals surface area contributed by atoms with E-state index in [1.165, 1.54) is 31.5 Å². The van der Waals surface area contributed by atoms with E-state index in [0.717, 1.165) is 0 Å². The summed E-state index contributed by atoms with van der Waals surface area (Å²) in [7, 11) is 2.96. The lowest BCUT2D eigenvalue weighted by atomic mass is 10.0. The maximum atomic E-state index is 13.0. The van der Waals surface area contributed by atoms with Gasteiger partial charge in [0.25, 0.3) is 0 Å². The molecule has 0 aliphatic carbocycles. The van der Waals surface area contributed by atoms with Crippen molar-refractivity contribution in [3.63, 3.8) is 0 Å². The Labute approximate surface area is 248 Å². The van der Waals surface area contributed by atoms with Crippen LogP contribution in [0, 0.1) is 6.92 Å². The standard InChI is InChI=1S/C22H29F6N3O3.C7H8.CH2O/c1-15(32)31(14-34-3)19-5-8-30(9-6-19)13-20(33)29(2)7-4-16-10-17(21(23,24)25)12-18(11-16)22(26,27)28;1-7-5-3-2-4-6-7;1-2/h10-12,19H,4-9,13-14H2,1-3H3;2-6H,1H3;1H2. The minimum atomic E-state index is -4.91. The van der Waals surface area contributed by atoms with Gasteiger partial charge in [-0.3, -0.25) is 14.5 Å². The third kappa shape index (κ3) is 13.2. The average Bonchev–Trinajstić information content (AvgIpc) is 2.95. The molecular formula is C30H39F6N3O4. The molecule has 1 aliphatic rings. The zero-order valence-electron chi connectivity index (χ0n) is 24.8. The van der Waals surface area contributed by atoms with Crippen LogP contribution in [0.4, 0.5) is 26.3 Å². The number of likely N-dealkylation sites (N-methyl/N-ethyl adjacent to an activating group) is 1. The summed E-state index contributed by atoms with van der Waals surface area (Å²) in [5.41, 5.74) is -1.57. The summed E-state index contributed by atoms with van der Waals surface area (Å²) in [6.45, 7) is 6.92. The SMILES string of the molecule is C=O.COCN(C(C)=O)C1CCN(CC(=O)N(C)CCc2cc(C(F)(F)F)cc(C(F)(F)F)c2)CC1.Cc1ccccc1. The number of halogens is 6. The Balaban J connectivity index is 0.000000883. The summed E-state index contributed by atoms with van der Waals surface area (Å²) in [6.07, 6.45) is -8.66. The van der Waals surface area contributed by atoms with Gasteiger partial charge in [0, 0.05) is 46.8 Å². The Hall–Kier alpha value is -3.45. The van der Waals surface area contributed by atoms with Crippen LogP contribution >= 0.6 is 0 Å². The first-order chi connectivity index (χ1) is 20.1. The molecule has 2 amide bonds. The monoisotopic (exact) mass is 619 g/mol.